The Kier molecular flexibility index (Phi) is 4.47. The summed E-state index contributed by atoms with van der Waals surface area (Å²) in [6.07, 6.45) is 4.25. The zero-order valence-corrected chi connectivity index (χ0v) is 9.53. The van der Waals surface area contributed by atoms with Gasteiger partial charge in [0.2, 0.25) is 0 Å². The van der Waals surface area contributed by atoms with E-state index in [1.807, 2.05) is 0 Å². The van der Waals surface area contributed by atoms with Gasteiger partial charge in [-0.2, -0.15) is 0 Å². The summed E-state index contributed by atoms with van der Waals surface area (Å²) in [5.74, 6) is 0.710. The maximum atomic E-state index is 9.73. The summed E-state index contributed by atoms with van der Waals surface area (Å²) in [6.45, 7) is 4.24. The van der Waals surface area contributed by atoms with Crippen LogP contribution in [0.2, 0.25) is 0 Å². The van der Waals surface area contributed by atoms with Crippen LogP contribution in [0.25, 0.3) is 0 Å². The minimum Gasteiger partial charge on any atom is -0.508 e. The Balaban J connectivity index is 2.90. The van der Waals surface area contributed by atoms with Gasteiger partial charge in [-0.15, -0.1) is 0 Å². The fourth-order valence-electron chi connectivity index (χ4n) is 1.96. The lowest BCUT2D eigenvalue weighted by Gasteiger charge is -2.17. The molecule has 0 radical (unpaired) electrons. The van der Waals surface area contributed by atoms with Crippen molar-refractivity contribution in [2.45, 2.75) is 45.4 Å². The average molecular weight is 208 g/mol. The fraction of sp³-hybridized carbons (Fsp3) is 0.538. The molecule has 2 nitrogen and oxygen atoms in total. The van der Waals surface area contributed by atoms with E-state index in [1.54, 1.807) is 18.2 Å². The van der Waals surface area contributed by atoms with Gasteiger partial charge in [-0.25, -0.2) is 0 Å². The standard InChI is InChI=1S/C13H20O2/c1-3-5-7-10(4-2)13-11(14)8-6-9-12(13)15/h6,8-10,14-15H,3-5,7H2,1-2H3. The van der Waals surface area contributed by atoms with E-state index in [1.165, 1.54) is 0 Å². The average Bonchev–Trinajstić information content (AvgIpc) is 2.22. The van der Waals surface area contributed by atoms with Crippen LogP contribution in [-0.2, 0) is 0 Å². The molecule has 1 aromatic carbocycles. The third-order valence-electron chi connectivity index (χ3n) is 2.87. The molecule has 1 aromatic rings. The SMILES string of the molecule is CCCCC(CC)c1c(O)cccc1O. The van der Waals surface area contributed by atoms with Gasteiger partial charge < -0.3 is 10.2 Å². The first-order chi connectivity index (χ1) is 7.20. The first-order valence-electron chi connectivity index (χ1n) is 5.71. The summed E-state index contributed by atoms with van der Waals surface area (Å²) in [7, 11) is 0. The molecule has 15 heavy (non-hydrogen) atoms. The van der Waals surface area contributed by atoms with Crippen molar-refractivity contribution in [1.29, 1.82) is 0 Å². The van der Waals surface area contributed by atoms with Gasteiger partial charge in [-0.05, 0) is 30.9 Å². The van der Waals surface area contributed by atoms with Gasteiger partial charge in [0.25, 0.3) is 0 Å². The summed E-state index contributed by atoms with van der Waals surface area (Å²) in [4.78, 5) is 0. The molecule has 0 heterocycles. The van der Waals surface area contributed by atoms with Crippen molar-refractivity contribution in [3.05, 3.63) is 23.8 Å². The highest BCUT2D eigenvalue weighted by atomic mass is 16.3. The van der Waals surface area contributed by atoms with Crippen LogP contribution in [0.15, 0.2) is 18.2 Å². The highest BCUT2D eigenvalue weighted by molar-refractivity contribution is 5.45. The predicted octanol–water partition coefficient (Wildman–Crippen LogP) is 3.78. The normalized spacial score (nSPS) is 12.7. The molecule has 0 amide bonds. The molecule has 84 valence electrons. The van der Waals surface area contributed by atoms with Crippen molar-refractivity contribution in [3.63, 3.8) is 0 Å². The third kappa shape index (κ3) is 2.88. The highest BCUT2D eigenvalue weighted by Crippen LogP contribution is 2.37. The molecule has 0 aliphatic heterocycles. The number of unbranched alkanes of at least 4 members (excludes halogenated alkanes) is 1. The lowest BCUT2D eigenvalue weighted by Crippen LogP contribution is -1.98. The van der Waals surface area contributed by atoms with Crippen molar-refractivity contribution >= 4 is 0 Å². The van der Waals surface area contributed by atoms with Gasteiger partial charge in [0.05, 0.1) is 0 Å². The number of hydrogen-bond acceptors (Lipinski definition) is 2. The number of phenols is 2. The van der Waals surface area contributed by atoms with Gasteiger partial charge in [0, 0.05) is 5.56 Å². The lowest BCUT2D eigenvalue weighted by atomic mass is 9.90. The third-order valence-corrected chi connectivity index (χ3v) is 2.87. The van der Waals surface area contributed by atoms with Crippen LogP contribution in [0.4, 0.5) is 0 Å². The largest absolute Gasteiger partial charge is 0.508 e. The molecule has 2 heteroatoms. The van der Waals surface area contributed by atoms with Crippen molar-refractivity contribution in [2.24, 2.45) is 0 Å². The van der Waals surface area contributed by atoms with Gasteiger partial charge in [0.15, 0.2) is 0 Å². The molecule has 0 aliphatic rings. The molecule has 1 atom stereocenters. The second-order valence-corrected chi connectivity index (χ2v) is 3.96. The Morgan fingerprint density at radius 3 is 2.20 bits per heavy atom. The Labute approximate surface area is 91.6 Å². The van der Waals surface area contributed by atoms with Crippen LogP contribution in [0.5, 0.6) is 11.5 Å². The van der Waals surface area contributed by atoms with Gasteiger partial charge in [0.1, 0.15) is 11.5 Å². The van der Waals surface area contributed by atoms with E-state index < -0.39 is 0 Å². The molecule has 0 aromatic heterocycles. The molecular formula is C13H20O2. The molecule has 1 unspecified atom stereocenters. The Morgan fingerprint density at radius 2 is 1.73 bits per heavy atom. The molecule has 1 rings (SSSR count). The number of benzene rings is 1. The van der Waals surface area contributed by atoms with Crippen LogP contribution >= 0.6 is 0 Å². The number of hydrogen-bond donors (Lipinski definition) is 2. The van der Waals surface area contributed by atoms with Gasteiger partial charge in [-0.3, -0.25) is 0 Å². The molecule has 0 saturated heterocycles. The van der Waals surface area contributed by atoms with Gasteiger partial charge in [-0.1, -0.05) is 32.8 Å². The van der Waals surface area contributed by atoms with Crippen LogP contribution in [0.3, 0.4) is 0 Å². The van der Waals surface area contributed by atoms with E-state index in [0.717, 1.165) is 25.7 Å². The van der Waals surface area contributed by atoms with E-state index in [9.17, 15) is 10.2 Å². The van der Waals surface area contributed by atoms with Crippen LogP contribution in [0, 0.1) is 0 Å². The van der Waals surface area contributed by atoms with E-state index in [4.69, 9.17) is 0 Å². The van der Waals surface area contributed by atoms with Crippen molar-refractivity contribution < 1.29 is 10.2 Å². The molecule has 0 aliphatic carbocycles. The zero-order chi connectivity index (χ0) is 11.3. The zero-order valence-electron chi connectivity index (χ0n) is 9.53. The minimum atomic E-state index is 0.220. The number of phenolic OH excluding ortho intramolecular Hbond substituents is 2. The number of aromatic hydroxyl groups is 2. The Bertz CT molecular complexity index is 287. The molecular weight excluding hydrogens is 188 g/mol. The number of rotatable bonds is 5. The quantitative estimate of drug-likeness (QED) is 0.773. The summed E-state index contributed by atoms with van der Waals surface area (Å²) in [5.41, 5.74) is 0.716. The maximum Gasteiger partial charge on any atom is 0.122 e. The summed E-state index contributed by atoms with van der Waals surface area (Å²) < 4.78 is 0. The van der Waals surface area contributed by atoms with E-state index in [-0.39, 0.29) is 17.4 Å². The smallest absolute Gasteiger partial charge is 0.122 e. The molecule has 0 saturated carbocycles. The van der Waals surface area contributed by atoms with Gasteiger partial charge >= 0.3 is 0 Å². The summed E-state index contributed by atoms with van der Waals surface area (Å²) in [5, 5.41) is 19.5. The second-order valence-electron chi connectivity index (χ2n) is 3.96. The molecule has 2 N–H and O–H groups in total. The van der Waals surface area contributed by atoms with Crippen molar-refractivity contribution in [2.75, 3.05) is 0 Å². The highest BCUT2D eigenvalue weighted by Gasteiger charge is 2.16. The minimum absolute atomic E-state index is 0.220. The topological polar surface area (TPSA) is 40.5 Å². The molecule has 0 spiro atoms. The Hall–Kier alpha value is -1.18. The lowest BCUT2D eigenvalue weighted by molar-refractivity contribution is 0.418. The van der Waals surface area contributed by atoms with Crippen LogP contribution in [-0.4, -0.2) is 10.2 Å². The van der Waals surface area contributed by atoms with Crippen molar-refractivity contribution in [1.82, 2.24) is 0 Å². The fourth-order valence-corrected chi connectivity index (χ4v) is 1.96. The summed E-state index contributed by atoms with van der Waals surface area (Å²) >= 11 is 0. The Morgan fingerprint density at radius 1 is 1.13 bits per heavy atom. The molecule has 0 bridgehead atoms. The van der Waals surface area contributed by atoms with E-state index in [0.29, 0.717) is 5.56 Å². The van der Waals surface area contributed by atoms with Crippen molar-refractivity contribution in [3.8, 4) is 11.5 Å². The monoisotopic (exact) mass is 208 g/mol. The first-order valence-corrected chi connectivity index (χ1v) is 5.71. The first kappa shape index (κ1) is 11.9. The molecule has 0 fully saturated rings. The second kappa shape index (κ2) is 5.64. The predicted molar refractivity (Wildman–Crippen MR) is 62.3 cm³/mol. The maximum absolute atomic E-state index is 9.73. The van der Waals surface area contributed by atoms with E-state index in [2.05, 4.69) is 13.8 Å². The van der Waals surface area contributed by atoms with Crippen LogP contribution < -0.4 is 0 Å². The van der Waals surface area contributed by atoms with Crippen LogP contribution in [0.1, 0.15) is 51.0 Å². The van der Waals surface area contributed by atoms with E-state index >= 15 is 0 Å². The summed E-state index contributed by atoms with van der Waals surface area (Å²) in [6, 6.07) is 4.95.